The molecule has 1 rings (SSSR count). The average molecular weight is 238 g/mol. The molecule has 0 amide bonds. The molecule has 0 aliphatic rings. The molecule has 86 valence electrons. The first-order chi connectivity index (χ1) is 7.21. The summed E-state index contributed by atoms with van der Waals surface area (Å²) in [6.07, 6.45) is -4.89. The number of hydrogen-bond donors (Lipinski definition) is 0. The second-order valence-corrected chi connectivity index (χ2v) is 2.84. The van der Waals surface area contributed by atoms with Gasteiger partial charge in [0, 0.05) is 0 Å². The first kappa shape index (κ1) is 12.3. The molecule has 1 aromatic carbocycles. The number of rotatable bonds is 2. The van der Waals surface area contributed by atoms with Gasteiger partial charge in [-0.15, -0.1) is 0 Å². The first-order valence-corrected chi connectivity index (χ1v) is 3.84. The van der Waals surface area contributed by atoms with Gasteiger partial charge in [0.05, 0.1) is 16.7 Å². The molecule has 2 nitrogen and oxygen atoms in total. The largest absolute Gasteiger partial charge is 0.416 e. The number of carbonyl (C=O) groups is 2. The van der Waals surface area contributed by atoms with Crippen LogP contribution in [0, 0.1) is 0 Å². The molecule has 0 unspecified atom stereocenters. The summed E-state index contributed by atoms with van der Waals surface area (Å²) >= 11 is 0. The molecule has 0 atom stereocenters. The second-order valence-electron chi connectivity index (χ2n) is 2.84. The molecule has 0 N–H and O–H groups in total. The van der Waals surface area contributed by atoms with E-state index >= 15 is 0 Å². The van der Waals surface area contributed by atoms with Crippen LogP contribution in [-0.4, -0.2) is 12.1 Å². The molecule has 0 saturated carbocycles. The third-order valence-corrected chi connectivity index (χ3v) is 1.71. The molecule has 16 heavy (non-hydrogen) atoms. The Morgan fingerprint density at radius 3 is 1.50 bits per heavy atom. The quantitative estimate of drug-likeness (QED) is 0.586. The van der Waals surface area contributed by atoms with Crippen LogP contribution in [0.1, 0.15) is 26.3 Å². The zero-order chi connectivity index (χ0) is 12.5. The molecule has 0 radical (unpaired) electrons. The van der Waals surface area contributed by atoms with E-state index < -0.39 is 34.9 Å². The fraction of sp³-hybridized carbons (Fsp3) is 0.111. The van der Waals surface area contributed by atoms with Crippen LogP contribution in [0.5, 0.6) is 0 Å². The van der Waals surface area contributed by atoms with Gasteiger partial charge in [0.15, 0.2) is 0 Å². The van der Waals surface area contributed by atoms with Crippen LogP contribution in [0.4, 0.5) is 22.0 Å². The maximum atomic E-state index is 12.2. The van der Waals surface area contributed by atoms with Crippen LogP contribution < -0.4 is 0 Å². The van der Waals surface area contributed by atoms with Crippen molar-refractivity contribution in [2.45, 2.75) is 6.18 Å². The van der Waals surface area contributed by atoms with Crippen molar-refractivity contribution >= 4 is 12.1 Å². The Hall–Kier alpha value is -1.79. The van der Waals surface area contributed by atoms with Crippen LogP contribution in [0.3, 0.4) is 0 Å². The molecular weight excluding hydrogens is 235 g/mol. The van der Waals surface area contributed by atoms with Crippen LogP contribution in [0.15, 0.2) is 18.2 Å². The maximum Gasteiger partial charge on any atom is 0.416 e. The van der Waals surface area contributed by atoms with Crippen molar-refractivity contribution in [3.63, 3.8) is 0 Å². The van der Waals surface area contributed by atoms with E-state index in [2.05, 4.69) is 0 Å². The fourth-order valence-corrected chi connectivity index (χ4v) is 1.02. The lowest BCUT2D eigenvalue weighted by Crippen LogP contribution is -2.08. The van der Waals surface area contributed by atoms with E-state index in [1.807, 2.05) is 0 Å². The molecular formula is C9H3F5O2. The Morgan fingerprint density at radius 2 is 1.25 bits per heavy atom. The van der Waals surface area contributed by atoms with Gasteiger partial charge in [-0.25, -0.2) is 0 Å². The third kappa shape index (κ3) is 2.62. The van der Waals surface area contributed by atoms with Crippen molar-refractivity contribution in [3.05, 3.63) is 34.9 Å². The van der Waals surface area contributed by atoms with E-state index in [4.69, 9.17) is 0 Å². The average Bonchev–Trinajstić information content (AvgIpc) is 2.15. The predicted octanol–water partition coefficient (Wildman–Crippen LogP) is 2.92. The van der Waals surface area contributed by atoms with Crippen molar-refractivity contribution in [1.29, 1.82) is 0 Å². The Kier molecular flexibility index (Phi) is 3.06. The van der Waals surface area contributed by atoms with Gasteiger partial charge in [-0.3, -0.25) is 9.59 Å². The van der Waals surface area contributed by atoms with Gasteiger partial charge in [0.2, 0.25) is 0 Å². The monoisotopic (exact) mass is 238 g/mol. The van der Waals surface area contributed by atoms with Crippen molar-refractivity contribution in [2.24, 2.45) is 0 Å². The Bertz CT molecular complexity index is 417. The molecule has 0 fully saturated rings. The number of benzene rings is 1. The van der Waals surface area contributed by atoms with Crippen molar-refractivity contribution < 1.29 is 31.5 Å². The topological polar surface area (TPSA) is 34.1 Å². The Balaban J connectivity index is 3.42. The van der Waals surface area contributed by atoms with Crippen molar-refractivity contribution in [3.8, 4) is 0 Å². The molecule has 0 bridgehead atoms. The molecule has 7 heteroatoms. The lowest BCUT2D eigenvalue weighted by atomic mass is 10.1. The SMILES string of the molecule is O=C(F)c1cc(C(=O)F)cc(C(F)(F)F)c1. The highest BCUT2D eigenvalue weighted by atomic mass is 19.4. The highest BCUT2D eigenvalue weighted by molar-refractivity contribution is 5.94. The normalized spacial score (nSPS) is 11.3. The van der Waals surface area contributed by atoms with E-state index in [1.165, 1.54) is 0 Å². The van der Waals surface area contributed by atoms with Crippen LogP contribution in [-0.2, 0) is 6.18 Å². The number of carbonyl (C=O) groups excluding carboxylic acids is 2. The summed E-state index contributed by atoms with van der Waals surface area (Å²) in [4.78, 5) is 20.5. The van der Waals surface area contributed by atoms with Gasteiger partial charge in [0.1, 0.15) is 0 Å². The number of hydrogen-bond acceptors (Lipinski definition) is 2. The van der Waals surface area contributed by atoms with Crippen LogP contribution in [0.2, 0.25) is 0 Å². The molecule has 0 heterocycles. The Morgan fingerprint density at radius 1 is 0.875 bits per heavy atom. The van der Waals surface area contributed by atoms with Gasteiger partial charge in [0.25, 0.3) is 0 Å². The summed E-state index contributed by atoms with van der Waals surface area (Å²) < 4.78 is 61.0. The summed E-state index contributed by atoms with van der Waals surface area (Å²) in [6, 6.07) is -3.52. The molecule has 1 aromatic rings. The highest BCUT2D eigenvalue weighted by Crippen LogP contribution is 2.31. The van der Waals surface area contributed by atoms with Crippen molar-refractivity contribution in [1.82, 2.24) is 0 Å². The lowest BCUT2D eigenvalue weighted by Gasteiger charge is -2.08. The molecule has 0 saturated heterocycles. The minimum absolute atomic E-state index is 0.203. The van der Waals surface area contributed by atoms with E-state index in [1.54, 1.807) is 0 Å². The maximum absolute atomic E-state index is 12.2. The standard InChI is InChI=1S/C9H3F5O2/c10-7(15)4-1-5(8(11)16)3-6(2-4)9(12,13)14/h1-3H. The summed E-state index contributed by atoms with van der Waals surface area (Å²) in [7, 11) is 0. The highest BCUT2D eigenvalue weighted by Gasteiger charge is 2.32. The van der Waals surface area contributed by atoms with E-state index in [-0.39, 0.29) is 12.1 Å². The van der Waals surface area contributed by atoms with Gasteiger partial charge in [-0.05, 0) is 18.2 Å². The van der Waals surface area contributed by atoms with Crippen LogP contribution in [0.25, 0.3) is 0 Å². The summed E-state index contributed by atoms with van der Waals surface area (Å²) in [5.41, 5.74) is -3.50. The van der Waals surface area contributed by atoms with E-state index in [0.717, 1.165) is 0 Å². The molecule has 0 aliphatic heterocycles. The molecule has 0 aliphatic carbocycles. The van der Waals surface area contributed by atoms with E-state index in [0.29, 0.717) is 6.07 Å². The number of halogens is 5. The number of alkyl halides is 3. The molecule has 0 aromatic heterocycles. The van der Waals surface area contributed by atoms with Gasteiger partial charge in [-0.2, -0.15) is 22.0 Å². The second kappa shape index (κ2) is 3.99. The minimum Gasteiger partial charge on any atom is -0.255 e. The zero-order valence-electron chi connectivity index (χ0n) is 7.44. The smallest absolute Gasteiger partial charge is 0.255 e. The fourth-order valence-electron chi connectivity index (χ4n) is 1.02. The van der Waals surface area contributed by atoms with Gasteiger partial charge < -0.3 is 0 Å². The lowest BCUT2D eigenvalue weighted by molar-refractivity contribution is -0.137. The van der Waals surface area contributed by atoms with Crippen LogP contribution >= 0.6 is 0 Å². The van der Waals surface area contributed by atoms with Gasteiger partial charge >= 0.3 is 18.3 Å². The molecule has 0 spiro atoms. The zero-order valence-corrected chi connectivity index (χ0v) is 7.44. The van der Waals surface area contributed by atoms with Crippen molar-refractivity contribution in [2.75, 3.05) is 0 Å². The predicted molar refractivity (Wildman–Crippen MR) is 42.3 cm³/mol. The summed E-state index contributed by atoms with van der Waals surface area (Å²) in [5.74, 6) is 0. The van der Waals surface area contributed by atoms with E-state index in [9.17, 15) is 31.5 Å². The Labute approximate surface area is 85.7 Å². The summed E-state index contributed by atoms with van der Waals surface area (Å²) in [6.45, 7) is 0. The summed E-state index contributed by atoms with van der Waals surface area (Å²) in [5, 5.41) is 0. The third-order valence-electron chi connectivity index (χ3n) is 1.71. The minimum atomic E-state index is -4.89. The van der Waals surface area contributed by atoms with Gasteiger partial charge in [-0.1, -0.05) is 0 Å². The first-order valence-electron chi connectivity index (χ1n) is 3.84.